The van der Waals surface area contributed by atoms with E-state index in [4.69, 9.17) is 14.9 Å². The first-order chi connectivity index (χ1) is 9.70. The van der Waals surface area contributed by atoms with Gasteiger partial charge in [-0.05, 0) is 12.8 Å². The van der Waals surface area contributed by atoms with Gasteiger partial charge in [-0.25, -0.2) is 9.59 Å². The molecule has 0 saturated heterocycles. The molecule has 0 aromatic rings. The smallest absolute Gasteiger partial charge is 0.344 e. The summed E-state index contributed by atoms with van der Waals surface area (Å²) in [5, 5.41) is 17.0. The molecule has 0 atom stereocenters. The average Bonchev–Trinajstić information content (AvgIpc) is 2.46. The van der Waals surface area contributed by atoms with Gasteiger partial charge in [-0.3, -0.25) is 0 Å². The summed E-state index contributed by atoms with van der Waals surface area (Å²) in [6.07, 6.45) is 8.38. The van der Waals surface area contributed by atoms with Gasteiger partial charge in [-0.15, -0.1) is 0 Å². The molecule has 6 heteroatoms. The first-order valence-corrected chi connectivity index (χ1v) is 7.23. The van der Waals surface area contributed by atoms with Crippen LogP contribution < -0.4 is 0 Å². The van der Waals surface area contributed by atoms with Crippen LogP contribution in [0, 0.1) is 0 Å². The highest BCUT2D eigenvalue weighted by Gasteiger charge is 2.06. The lowest BCUT2D eigenvalue weighted by Gasteiger charge is -2.05. The van der Waals surface area contributed by atoms with Crippen LogP contribution in [0.3, 0.4) is 0 Å². The van der Waals surface area contributed by atoms with Gasteiger partial charge in [0.1, 0.15) is 6.61 Å². The Morgan fingerprint density at radius 2 is 1.25 bits per heavy atom. The molecule has 0 radical (unpaired) electrons. The Morgan fingerprint density at radius 1 is 0.700 bits per heavy atom. The maximum absolute atomic E-state index is 11.1. The molecule has 0 aromatic heterocycles. The number of esters is 2. The van der Waals surface area contributed by atoms with Crippen molar-refractivity contribution in [3.63, 3.8) is 0 Å². The molecule has 0 unspecified atom stereocenters. The van der Waals surface area contributed by atoms with Gasteiger partial charge in [0.05, 0.1) is 6.61 Å². The Balaban J connectivity index is 3.19. The number of hydrogen-bond donors (Lipinski definition) is 2. The van der Waals surface area contributed by atoms with Gasteiger partial charge in [0.25, 0.3) is 0 Å². The topological polar surface area (TPSA) is 93.1 Å². The van der Waals surface area contributed by atoms with Crippen LogP contribution in [0.15, 0.2) is 0 Å². The lowest BCUT2D eigenvalue weighted by Crippen LogP contribution is -2.18. The van der Waals surface area contributed by atoms with E-state index in [0.29, 0.717) is 6.61 Å². The molecular weight excluding hydrogens is 264 g/mol. The summed E-state index contributed by atoms with van der Waals surface area (Å²) >= 11 is 0. The summed E-state index contributed by atoms with van der Waals surface area (Å²) in [6, 6.07) is 0. The van der Waals surface area contributed by atoms with Crippen LogP contribution in [0.25, 0.3) is 0 Å². The highest BCUT2D eigenvalue weighted by atomic mass is 16.6. The van der Waals surface area contributed by atoms with E-state index < -0.39 is 25.2 Å². The van der Waals surface area contributed by atoms with E-state index >= 15 is 0 Å². The first kappa shape index (κ1) is 18.9. The van der Waals surface area contributed by atoms with Crippen LogP contribution in [-0.4, -0.2) is 48.6 Å². The molecule has 0 aromatic carbocycles. The third-order valence-electron chi connectivity index (χ3n) is 2.80. The number of unbranched alkanes of at least 4 members (excludes halogenated alkanes) is 7. The molecule has 118 valence electrons. The number of carbonyl (C=O) groups excluding carboxylic acids is 2. The van der Waals surface area contributed by atoms with Crippen molar-refractivity contribution in [2.75, 3.05) is 26.4 Å². The van der Waals surface area contributed by atoms with E-state index in [1.807, 2.05) is 0 Å². The van der Waals surface area contributed by atoms with E-state index in [1.165, 1.54) is 6.42 Å². The molecule has 0 rings (SSSR count). The Hall–Kier alpha value is -1.14. The zero-order chi connectivity index (χ0) is 15.1. The molecule has 2 N–H and O–H groups in total. The molecule has 0 aliphatic carbocycles. The Kier molecular flexibility index (Phi) is 13.5. The summed E-state index contributed by atoms with van der Waals surface area (Å²) in [5.41, 5.74) is 0. The molecule has 0 amide bonds. The first-order valence-electron chi connectivity index (χ1n) is 7.23. The van der Waals surface area contributed by atoms with Crippen LogP contribution in [0.5, 0.6) is 0 Å². The minimum absolute atomic E-state index is 0.277. The van der Waals surface area contributed by atoms with Crippen LogP contribution >= 0.6 is 0 Å². The molecular formula is C14H26O6. The largest absolute Gasteiger partial charge is 0.463 e. The van der Waals surface area contributed by atoms with Crippen LogP contribution in [0.4, 0.5) is 0 Å². The number of rotatable bonds is 13. The highest BCUT2D eigenvalue weighted by Crippen LogP contribution is 2.08. The number of carbonyl (C=O) groups is 2. The van der Waals surface area contributed by atoms with Crippen molar-refractivity contribution in [3.05, 3.63) is 0 Å². The van der Waals surface area contributed by atoms with Gasteiger partial charge in [0.15, 0.2) is 6.61 Å². The Labute approximate surface area is 120 Å². The summed E-state index contributed by atoms with van der Waals surface area (Å²) < 4.78 is 9.29. The Morgan fingerprint density at radius 3 is 1.80 bits per heavy atom. The second-order valence-electron chi connectivity index (χ2n) is 4.59. The number of ether oxygens (including phenoxy) is 2. The van der Waals surface area contributed by atoms with Crippen molar-refractivity contribution in [2.24, 2.45) is 0 Å². The zero-order valence-corrected chi connectivity index (χ0v) is 12.0. The van der Waals surface area contributed by atoms with Crippen LogP contribution in [-0.2, 0) is 19.1 Å². The Bertz CT molecular complexity index is 254. The number of hydrogen-bond acceptors (Lipinski definition) is 6. The lowest BCUT2D eigenvalue weighted by molar-refractivity contribution is -0.160. The van der Waals surface area contributed by atoms with Gasteiger partial charge in [0, 0.05) is 6.61 Å². The van der Waals surface area contributed by atoms with Crippen molar-refractivity contribution < 1.29 is 29.3 Å². The molecule has 0 aliphatic heterocycles. The van der Waals surface area contributed by atoms with E-state index in [-0.39, 0.29) is 6.61 Å². The summed E-state index contributed by atoms with van der Waals surface area (Å²) in [6.45, 7) is -0.561. The van der Waals surface area contributed by atoms with Crippen LogP contribution in [0.2, 0.25) is 0 Å². The van der Waals surface area contributed by atoms with Crippen molar-refractivity contribution in [3.8, 4) is 0 Å². The average molecular weight is 290 g/mol. The molecule has 0 bridgehead atoms. The van der Waals surface area contributed by atoms with Gasteiger partial charge in [-0.1, -0.05) is 38.5 Å². The quantitative estimate of drug-likeness (QED) is 0.391. The molecule has 20 heavy (non-hydrogen) atoms. The second-order valence-corrected chi connectivity index (χ2v) is 4.59. The normalized spacial score (nSPS) is 10.3. The zero-order valence-electron chi connectivity index (χ0n) is 12.0. The van der Waals surface area contributed by atoms with E-state index in [2.05, 4.69) is 4.74 Å². The van der Waals surface area contributed by atoms with Gasteiger partial charge in [-0.2, -0.15) is 0 Å². The lowest BCUT2D eigenvalue weighted by atomic mass is 10.1. The van der Waals surface area contributed by atoms with E-state index in [9.17, 15) is 9.59 Å². The third-order valence-corrected chi connectivity index (χ3v) is 2.80. The minimum atomic E-state index is -0.830. The van der Waals surface area contributed by atoms with Crippen molar-refractivity contribution in [1.82, 2.24) is 0 Å². The highest BCUT2D eigenvalue weighted by molar-refractivity contribution is 5.76. The number of aliphatic hydroxyl groups excluding tert-OH is 2. The van der Waals surface area contributed by atoms with Crippen LogP contribution in [0.1, 0.15) is 51.4 Å². The molecule has 0 fully saturated rings. The monoisotopic (exact) mass is 290 g/mol. The van der Waals surface area contributed by atoms with Gasteiger partial charge >= 0.3 is 11.9 Å². The third kappa shape index (κ3) is 13.3. The van der Waals surface area contributed by atoms with E-state index in [0.717, 1.165) is 44.9 Å². The number of aliphatic hydroxyl groups is 2. The molecule has 0 aliphatic rings. The van der Waals surface area contributed by atoms with E-state index in [1.54, 1.807) is 0 Å². The second kappa shape index (κ2) is 14.3. The summed E-state index contributed by atoms with van der Waals surface area (Å²) in [7, 11) is 0. The van der Waals surface area contributed by atoms with Crippen molar-refractivity contribution in [1.29, 1.82) is 0 Å². The maximum atomic E-state index is 11.1. The fourth-order valence-electron chi connectivity index (χ4n) is 1.69. The van der Waals surface area contributed by atoms with Crippen molar-refractivity contribution >= 4 is 11.9 Å². The predicted molar refractivity (Wildman–Crippen MR) is 73.0 cm³/mol. The van der Waals surface area contributed by atoms with Gasteiger partial charge < -0.3 is 19.7 Å². The fourth-order valence-corrected chi connectivity index (χ4v) is 1.69. The summed E-state index contributed by atoms with van der Waals surface area (Å²) in [5.74, 6) is -1.42. The SMILES string of the molecule is O=C(CO)OCC(=O)OCCCCCCCCCCO. The molecule has 0 saturated carbocycles. The maximum Gasteiger partial charge on any atom is 0.344 e. The molecule has 6 nitrogen and oxygen atoms in total. The predicted octanol–water partition coefficient (Wildman–Crippen LogP) is 1.18. The minimum Gasteiger partial charge on any atom is -0.463 e. The molecule has 0 heterocycles. The standard InChI is InChI=1S/C14H26O6/c15-9-7-5-3-1-2-4-6-8-10-19-14(18)12-20-13(17)11-16/h15-16H,1-12H2. The summed E-state index contributed by atoms with van der Waals surface area (Å²) in [4.78, 5) is 21.7. The molecule has 0 spiro atoms. The van der Waals surface area contributed by atoms with Gasteiger partial charge in [0.2, 0.25) is 0 Å². The van der Waals surface area contributed by atoms with Crippen molar-refractivity contribution in [2.45, 2.75) is 51.4 Å². The fraction of sp³-hybridized carbons (Fsp3) is 0.857.